The number of anilines is 1. The maximum atomic E-state index is 13.5. The molecule has 1 atom stereocenters. The fourth-order valence-corrected chi connectivity index (χ4v) is 1.94. The first-order chi connectivity index (χ1) is 10.3. The van der Waals surface area contributed by atoms with Gasteiger partial charge in [0.15, 0.2) is 11.6 Å². The first-order valence-corrected chi connectivity index (χ1v) is 6.74. The summed E-state index contributed by atoms with van der Waals surface area (Å²) in [7, 11) is 0. The average molecular weight is 320 g/mol. The highest BCUT2D eigenvalue weighted by Crippen LogP contribution is 2.23. The number of hydrogen-bond acceptors (Lipinski definition) is 3. The zero-order chi connectivity index (χ0) is 16.8. The third kappa shape index (κ3) is 5.44. The van der Waals surface area contributed by atoms with Crippen molar-refractivity contribution < 1.29 is 27.8 Å². The molecule has 22 heavy (non-hydrogen) atoms. The number of hydrogen-bond donors (Lipinski definition) is 3. The average Bonchev–Trinajstić information content (AvgIpc) is 2.41. The number of aliphatic hydroxyl groups is 1. The summed E-state index contributed by atoms with van der Waals surface area (Å²) >= 11 is 0. The molecule has 0 saturated carbocycles. The Morgan fingerprint density at radius 2 is 2.14 bits per heavy atom. The largest absolute Gasteiger partial charge is 0.432 e. The van der Waals surface area contributed by atoms with E-state index >= 15 is 0 Å². The van der Waals surface area contributed by atoms with E-state index in [9.17, 15) is 23.1 Å². The Bertz CT molecular complexity index is 514. The summed E-state index contributed by atoms with van der Waals surface area (Å²) in [6.07, 6.45) is 1.32. The fraction of sp³-hybridized carbons (Fsp3) is 0.500. The smallest absolute Gasteiger partial charge is 0.387 e. The predicted molar refractivity (Wildman–Crippen MR) is 75.6 cm³/mol. The SMILES string of the molecule is CCCC(C)(CO)NC(=O)Nc1ccc(OC(F)F)c(F)c1. The van der Waals surface area contributed by atoms with E-state index in [1.807, 2.05) is 6.92 Å². The van der Waals surface area contributed by atoms with E-state index in [2.05, 4.69) is 15.4 Å². The van der Waals surface area contributed by atoms with Gasteiger partial charge in [-0.2, -0.15) is 8.78 Å². The van der Waals surface area contributed by atoms with E-state index in [4.69, 9.17) is 0 Å². The normalized spacial score (nSPS) is 13.6. The lowest BCUT2D eigenvalue weighted by molar-refractivity contribution is -0.0521. The highest BCUT2D eigenvalue weighted by Gasteiger charge is 2.24. The zero-order valence-electron chi connectivity index (χ0n) is 12.3. The molecule has 2 amide bonds. The van der Waals surface area contributed by atoms with Gasteiger partial charge in [-0.15, -0.1) is 0 Å². The molecule has 0 aromatic heterocycles. The van der Waals surface area contributed by atoms with E-state index in [-0.39, 0.29) is 12.3 Å². The number of urea groups is 1. The summed E-state index contributed by atoms with van der Waals surface area (Å²) in [4.78, 5) is 11.8. The van der Waals surface area contributed by atoms with Crippen LogP contribution in [-0.4, -0.2) is 29.9 Å². The molecular weight excluding hydrogens is 301 g/mol. The van der Waals surface area contributed by atoms with Crippen LogP contribution in [0.1, 0.15) is 26.7 Å². The molecule has 3 N–H and O–H groups in total. The quantitative estimate of drug-likeness (QED) is 0.723. The molecule has 0 radical (unpaired) electrons. The van der Waals surface area contributed by atoms with Crippen LogP contribution in [0.2, 0.25) is 0 Å². The van der Waals surface area contributed by atoms with Gasteiger partial charge in [0.25, 0.3) is 0 Å². The van der Waals surface area contributed by atoms with Crippen LogP contribution in [0.3, 0.4) is 0 Å². The van der Waals surface area contributed by atoms with E-state index < -0.39 is 29.7 Å². The second-order valence-electron chi connectivity index (χ2n) is 5.07. The molecule has 1 rings (SSSR count). The van der Waals surface area contributed by atoms with Crippen molar-refractivity contribution in [2.24, 2.45) is 0 Å². The Labute approximate surface area is 126 Å². The number of alkyl halides is 2. The summed E-state index contributed by atoms with van der Waals surface area (Å²) in [5, 5.41) is 14.3. The summed E-state index contributed by atoms with van der Waals surface area (Å²) in [5.41, 5.74) is -0.718. The van der Waals surface area contributed by atoms with Crippen LogP contribution in [0, 0.1) is 5.82 Å². The second kappa shape index (κ2) is 7.88. The minimum Gasteiger partial charge on any atom is -0.432 e. The van der Waals surface area contributed by atoms with Gasteiger partial charge in [-0.25, -0.2) is 9.18 Å². The molecule has 0 fully saturated rings. The number of amides is 2. The van der Waals surface area contributed by atoms with Crippen LogP contribution < -0.4 is 15.4 Å². The van der Waals surface area contributed by atoms with Crippen molar-refractivity contribution in [1.29, 1.82) is 0 Å². The van der Waals surface area contributed by atoms with Crippen molar-refractivity contribution in [2.75, 3.05) is 11.9 Å². The standard InChI is InChI=1S/C14H19F3N2O3/c1-3-6-14(2,8-20)19-13(21)18-9-4-5-11(10(15)7-9)22-12(16)17/h4-5,7,12,20H,3,6,8H2,1-2H3,(H2,18,19,21). The highest BCUT2D eigenvalue weighted by atomic mass is 19.3. The molecule has 0 heterocycles. The van der Waals surface area contributed by atoms with Crippen molar-refractivity contribution in [3.63, 3.8) is 0 Å². The minimum atomic E-state index is -3.13. The van der Waals surface area contributed by atoms with Gasteiger partial charge >= 0.3 is 12.6 Å². The number of rotatable bonds is 7. The molecular formula is C14H19F3N2O3. The summed E-state index contributed by atoms with van der Waals surface area (Å²) in [5.74, 6) is -1.62. The lowest BCUT2D eigenvalue weighted by Gasteiger charge is -2.28. The van der Waals surface area contributed by atoms with Crippen LogP contribution in [0.4, 0.5) is 23.7 Å². The maximum absolute atomic E-state index is 13.5. The monoisotopic (exact) mass is 320 g/mol. The van der Waals surface area contributed by atoms with Crippen molar-refractivity contribution in [3.05, 3.63) is 24.0 Å². The van der Waals surface area contributed by atoms with Gasteiger partial charge in [0.1, 0.15) is 0 Å². The van der Waals surface area contributed by atoms with Crippen LogP contribution in [0.15, 0.2) is 18.2 Å². The number of nitrogens with one attached hydrogen (secondary N) is 2. The third-order valence-corrected chi connectivity index (χ3v) is 2.97. The summed E-state index contributed by atoms with van der Waals surface area (Å²) in [6, 6.07) is 2.46. The first-order valence-electron chi connectivity index (χ1n) is 6.74. The van der Waals surface area contributed by atoms with Crippen LogP contribution in [-0.2, 0) is 0 Å². The molecule has 1 unspecified atom stereocenters. The van der Waals surface area contributed by atoms with Crippen LogP contribution in [0.25, 0.3) is 0 Å². The Kier molecular flexibility index (Phi) is 6.48. The van der Waals surface area contributed by atoms with Gasteiger partial charge in [0, 0.05) is 11.8 Å². The number of carbonyl (C=O) groups is 1. The number of benzene rings is 1. The number of aliphatic hydroxyl groups excluding tert-OH is 1. The van der Waals surface area contributed by atoms with E-state index in [0.717, 1.165) is 18.6 Å². The van der Waals surface area contributed by atoms with Crippen LogP contribution in [0.5, 0.6) is 5.75 Å². The molecule has 0 saturated heterocycles. The molecule has 0 bridgehead atoms. The molecule has 0 aliphatic heterocycles. The highest BCUT2D eigenvalue weighted by molar-refractivity contribution is 5.89. The van der Waals surface area contributed by atoms with Gasteiger partial charge < -0.3 is 20.5 Å². The van der Waals surface area contributed by atoms with E-state index in [0.29, 0.717) is 6.42 Å². The zero-order valence-corrected chi connectivity index (χ0v) is 12.3. The van der Waals surface area contributed by atoms with Crippen molar-refractivity contribution in [3.8, 4) is 5.75 Å². The fourth-order valence-electron chi connectivity index (χ4n) is 1.94. The second-order valence-corrected chi connectivity index (χ2v) is 5.07. The molecule has 0 spiro atoms. The van der Waals surface area contributed by atoms with Gasteiger partial charge in [0.05, 0.1) is 12.1 Å². The van der Waals surface area contributed by atoms with Crippen molar-refractivity contribution >= 4 is 11.7 Å². The molecule has 5 nitrogen and oxygen atoms in total. The van der Waals surface area contributed by atoms with Crippen LogP contribution >= 0.6 is 0 Å². The molecule has 1 aromatic carbocycles. The molecule has 8 heteroatoms. The predicted octanol–water partition coefficient (Wildman–Crippen LogP) is 3.10. The molecule has 124 valence electrons. The maximum Gasteiger partial charge on any atom is 0.387 e. The molecule has 1 aromatic rings. The third-order valence-electron chi connectivity index (χ3n) is 2.97. The van der Waals surface area contributed by atoms with Gasteiger partial charge in [-0.05, 0) is 25.5 Å². The number of carbonyl (C=O) groups excluding carboxylic acids is 1. The number of ether oxygens (including phenoxy) is 1. The Morgan fingerprint density at radius 1 is 1.45 bits per heavy atom. The lowest BCUT2D eigenvalue weighted by atomic mass is 9.98. The first kappa shape index (κ1) is 18.1. The molecule has 0 aliphatic rings. The molecule has 0 aliphatic carbocycles. The van der Waals surface area contributed by atoms with E-state index in [1.54, 1.807) is 6.92 Å². The summed E-state index contributed by atoms with van der Waals surface area (Å²) in [6.45, 7) is 0.209. The van der Waals surface area contributed by atoms with Crippen molar-refractivity contribution in [2.45, 2.75) is 38.8 Å². The summed E-state index contributed by atoms with van der Waals surface area (Å²) < 4.78 is 41.5. The minimum absolute atomic E-state index is 0.0772. The number of halogens is 3. The van der Waals surface area contributed by atoms with Crippen molar-refractivity contribution in [1.82, 2.24) is 5.32 Å². The Hall–Kier alpha value is -1.96. The Morgan fingerprint density at radius 3 is 2.64 bits per heavy atom. The van der Waals surface area contributed by atoms with E-state index in [1.165, 1.54) is 6.07 Å². The Balaban J connectivity index is 2.70. The van der Waals surface area contributed by atoms with Gasteiger partial charge in [-0.3, -0.25) is 0 Å². The van der Waals surface area contributed by atoms with Gasteiger partial charge in [0.2, 0.25) is 0 Å². The lowest BCUT2D eigenvalue weighted by Crippen LogP contribution is -2.50. The van der Waals surface area contributed by atoms with Gasteiger partial charge in [-0.1, -0.05) is 13.3 Å². The topological polar surface area (TPSA) is 70.6 Å².